The number of hydrogen-bond acceptors (Lipinski definition) is 5. The van der Waals surface area contributed by atoms with Gasteiger partial charge in [0.2, 0.25) is 9.84 Å². The van der Waals surface area contributed by atoms with Crippen LogP contribution in [0.4, 0.5) is 5.69 Å². The Hall–Kier alpha value is -3.09. The molecule has 0 heterocycles. The first-order valence-electron chi connectivity index (χ1n) is 6.25. The fourth-order valence-electron chi connectivity index (χ4n) is 1.79. The van der Waals surface area contributed by atoms with Crippen LogP contribution in [-0.2, 0) is 9.84 Å². The maximum atomic E-state index is 12.6. The Kier molecular flexibility index (Phi) is 4.57. The van der Waals surface area contributed by atoms with E-state index in [1.165, 1.54) is 24.4 Å². The van der Waals surface area contributed by atoms with Gasteiger partial charge in [-0.3, -0.25) is 0 Å². The van der Waals surface area contributed by atoms with E-state index in [2.05, 4.69) is 5.32 Å². The minimum Gasteiger partial charge on any atom is -0.359 e. The van der Waals surface area contributed by atoms with Gasteiger partial charge in [0.1, 0.15) is 17.7 Å². The summed E-state index contributed by atoms with van der Waals surface area (Å²) in [6.45, 7) is 0. The molecule has 5 nitrogen and oxygen atoms in total. The van der Waals surface area contributed by atoms with E-state index >= 15 is 0 Å². The normalized spacial score (nSPS) is 10.1. The van der Waals surface area contributed by atoms with E-state index < -0.39 is 9.84 Å². The predicted octanol–water partition coefficient (Wildman–Crippen LogP) is 2.86. The molecule has 22 heavy (non-hydrogen) atoms. The lowest BCUT2D eigenvalue weighted by atomic mass is 10.3. The van der Waals surface area contributed by atoms with Crippen molar-refractivity contribution in [2.24, 2.45) is 0 Å². The van der Waals surface area contributed by atoms with Gasteiger partial charge in [0.05, 0.1) is 15.5 Å². The maximum absolute atomic E-state index is 12.6. The number of nitrogens with zero attached hydrogens (tertiary/aromatic N) is 2. The summed E-state index contributed by atoms with van der Waals surface area (Å²) < 4.78 is 25.3. The van der Waals surface area contributed by atoms with E-state index in [1.807, 2.05) is 0 Å². The molecule has 0 saturated carbocycles. The Balaban J connectivity index is 2.48. The summed E-state index contributed by atoms with van der Waals surface area (Å²) in [6.07, 6.45) is 1.18. The highest BCUT2D eigenvalue weighted by Gasteiger charge is 2.20. The van der Waals surface area contributed by atoms with Crippen molar-refractivity contribution in [3.8, 4) is 12.1 Å². The molecule has 6 heteroatoms. The number of allylic oxidation sites excluding steroid dienone is 1. The summed E-state index contributed by atoms with van der Waals surface area (Å²) in [6, 6.07) is 17.8. The quantitative estimate of drug-likeness (QED) is 0.876. The van der Waals surface area contributed by atoms with Crippen molar-refractivity contribution in [3.05, 3.63) is 66.4 Å². The number of para-hydroxylation sites is 1. The highest BCUT2D eigenvalue weighted by Crippen LogP contribution is 2.27. The Morgan fingerprint density at radius 2 is 1.55 bits per heavy atom. The van der Waals surface area contributed by atoms with Crippen LogP contribution in [0.15, 0.2) is 76.2 Å². The Bertz CT molecular complexity index is 873. The summed E-state index contributed by atoms with van der Waals surface area (Å²) >= 11 is 0. The van der Waals surface area contributed by atoms with Crippen LogP contribution in [0, 0.1) is 22.7 Å². The summed E-state index contributed by atoms with van der Waals surface area (Å²) in [7, 11) is -3.69. The van der Waals surface area contributed by atoms with Gasteiger partial charge in [0.15, 0.2) is 0 Å². The summed E-state index contributed by atoms with van der Waals surface area (Å²) in [4.78, 5) is 0.252. The van der Waals surface area contributed by atoms with E-state index in [9.17, 15) is 8.42 Å². The number of hydrogen-bond donors (Lipinski definition) is 1. The molecule has 0 saturated heterocycles. The van der Waals surface area contributed by atoms with Crippen molar-refractivity contribution in [2.75, 3.05) is 5.32 Å². The molecule has 0 aromatic heterocycles. The number of nitriles is 2. The highest BCUT2D eigenvalue weighted by molar-refractivity contribution is 7.91. The minimum atomic E-state index is -3.69. The summed E-state index contributed by atoms with van der Waals surface area (Å²) in [5.41, 5.74) is 0.154. The van der Waals surface area contributed by atoms with E-state index in [-0.39, 0.29) is 15.4 Å². The smallest absolute Gasteiger partial charge is 0.208 e. The average Bonchev–Trinajstić information content (AvgIpc) is 2.57. The second-order valence-corrected chi connectivity index (χ2v) is 6.16. The fraction of sp³-hybridized carbons (Fsp3) is 0. The standard InChI is InChI=1S/C16H11N3O2S/c17-10-13(11-18)12-19-15-8-4-5-9-16(15)22(20,21)14-6-2-1-3-7-14/h1-9,12,19H. The molecule has 2 rings (SSSR count). The highest BCUT2D eigenvalue weighted by atomic mass is 32.2. The van der Waals surface area contributed by atoms with Crippen LogP contribution >= 0.6 is 0 Å². The lowest BCUT2D eigenvalue weighted by Gasteiger charge is -2.10. The van der Waals surface area contributed by atoms with E-state index in [0.29, 0.717) is 5.69 Å². The zero-order chi connectivity index (χ0) is 16.0. The first-order chi connectivity index (χ1) is 10.6. The van der Waals surface area contributed by atoms with Crippen molar-refractivity contribution in [2.45, 2.75) is 9.79 Å². The topological polar surface area (TPSA) is 93.8 Å². The van der Waals surface area contributed by atoms with Crippen LogP contribution in [0.1, 0.15) is 0 Å². The molecule has 0 atom stereocenters. The third-order valence-corrected chi connectivity index (χ3v) is 4.67. The molecule has 0 unspecified atom stereocenters. The number of rotatable bonds is 4. The van der Waals surface area contributed by atoms with Gasteiger partial charge in [-0.1, -0.05) is 30.3 Å². The molecule has 0 bridgehead atoms. The summed E-state index contributed by atoms with van der Waals surface area (Å²) in [5, 5.41) is 20.1. The SMILES string of the molecule is N#CC(C#N)=CNc1ccccc1S(=O)(=O)c1ccccc1. The van der Waals surface area contributed by atoms with Crippen molar-refractivity contribution < 1.29 is 8.42 Å². The van der Waals surface area contributed by atoms with Crippen LogP contribution in [0.3, 0.4) is 0 Å². The van der Waals surface area contributed by atoms with Gasteiger partial charge in [0.25, 0.3) is 0 Å². The monoisotopic (exact) mass is 309 g/mol. The van der Waals surface area contributed by atoms with E-state index in [4.69, 9.17) is 10.5 Å². The van der Waals surface area contributed by atoms with Crippen LogP contribution in [0.5, 0.6) is 0 Å². The van der Waals surface area contributed by atoms with Crippen LogP contribution < -0.4 is 5.32 Å². The molecule has 2 aromatic rings. The van der Waals surface area contributed by atoms with Crippen molar-refractivity contribution in [1.82, 2.24) is 0 Å². The van der Waals surface area contributed by atoms with E-state index in [0.717, 1.165) is 0 Å². The number of benzene rings is 2. The van der Waals surface area contributed by atoms with Crippen LogP contribution in [-0.4, -0.2) is 8.42 Å². The number of nitrogens with one attached hydrogen (secondary N) is 1. The average molecular weight is 309 g/mol. The largest absolute Gasteiger partial charge is 0.359 e. The molecule has 0 aliphatic heterocycles. The lowest BCUT2D eigenvalue weighted by molar-refractivity contribution is 0.596. The molecule has 0 aliphatic carbocycles. The molecule has 2 aromatic carbocycles. The minimum absolute atomic E-state index is 0.0766. The van der Waals surface area contributed by atoms with Gasteiger partial charge in [-0.15, -0.1) is 0 Å². The van der Waals surface area contributed by atoms with Crippen molar-refractivity contribution >= 4 is 15.5 Å². The Morgan fingerprint density at radius 1 is 0.955 bits per heavy atom. The molecule has 1 N–H and O–H groups in total. The zero-order valence-corrected chi connectivity index (χ0v) is 12.2. The third-order valence-electron chi connectivity index (χ3n) is 2.84. The number of sulfone groups is 1. The number of anilines is 1. The second-order valence-electron chi connectivity index (χ2n) is 4.24. The molecule has 0 radical (unpaired) electrons. The molecule has 0 aliphatic rings. The Morgan fingerprint density at radius 3 is 2.18 bits per heavy atom. The lowest BCUT2D eigenvalue weighted by Crippen LogP contribution is -2.05. The molecule has 0 amide bonds. The summed E-state index contributed by atoms with van der Waals surface area (Å²) in [5.74, 6) is 0. The first-order valence-corrected chi connectivity index (χ1v) is 7.74. The maximum Gasteiger partial charge on any atom is 0.208 e. The molecular formula is C16H11N3O2S. The van der Waals surface area contributed by atoms with Gasteiger partial charge >= 0.3 is 0 Å². The third kappa shape index (κ3) is 3.14. The van der Waals surface area contributed by atoms with Gasteiger partial charge in [-0.05, 0) is 24.3 Å². The molecule has 0 fully saturated rings. The fourth-order valence-corrected chi connectivity index (χ4v) is 3.23. The Labute approximate surface area is 128 Å². The molecule has 108 valence electrons. The van der Waals surface area contributed by atoms with Gasteiger partial charge in [-0.2, -0.15) is 10.5 Å². The second kappa shape index (κ2) is 6.57. The van der Waals surface area contributed by atoms with Gasteiger partial charge in [0, 0.05) is 6.20 Å². The molecule has 0 spiro atoms. The molecular weight excluding hydrogens is 298 g/mol. The van der Waals surface area contributed by atoms with Crippen LogP contribution in [0.25, 0.3) is 0 Å². The van der Waals surface area contributed by atoms with Crippen molar-refractivity contribution in [3.63, 3.8) is 0 Å². The van der Waals surface area contributed by atoms with Gasteiger partial charge in [-0.25, -0.2) is 8.42 Å². The van der Waals surface area contributed by atoms with E-state index in [1.54, 1.807) is 48.5 Å². The van der Waals surface area contributed by atoms with Crippen molar-refractivity contribution in [1.29, 1.82) is 10.5 Å². The van der Waals surface area contributed by atoms with Crippen LogP contribution in [0.2, 0.25) is 0 Å². The first kappa shape index (κ1) is 15.3. The van der Waals surface area contributed by atoms with Gasteiger partial charge < -0.3 is 5.32 Å². The zero-order valence-electron chi connectivity index (χ0n) is 11.4. The predicted molar refractivity (Wildman–Crippen MR) is 81.3 cm³/mol.